The zero-order valence-electron chi connectivity index (χ0n) is 16.3. The maximum absolute atomic E-state index is 12.6. The summed E-state index contributed by atoms with van der Waals surface area (Å²) in [6.07, 6.45) is 0.159. The van der Waals surface area contributed by atoms with Crippen LogP contribution in [0.2, 0.25) is 5.02 Å². The van der Waals surface area contributed by atoms with Crippen molar-refractivity contribution in [2.75, 3.05) is 23.0 Å². The average molecular weight is 465 g/mol. The number of amides is 1. The summed E-state index contributed by atoms with van der Waals surface area (Å²) in [6, 6.07) is 14.3. The number of hydrogen-bond donors (Lipinski definition) is 0. The van der Waals surface area contributed by atoms with Crippen LogP contribution in [0.5, 0.6) is 5.75 Å². The summed E-state index contributed by atoms with van der Waals surface area (Å²) in [7, 11) is -3.11. The Morgan fingerprint density at radius 2 is 1.87 bits per heavy atom. The van der Waals surface area contributed by atoms with Crippen LogP contribution in [0.25, 0.3) is 0 Å². The van der Waals surface area contributed by atoms with Crippen molar-refractivity contribution in [1.82, 2.24) is 0 Å². The number of amidine groups is 1. The van der Waals surface area contributed by atoms with Crippen LogP contribution in [0.4, 0.5) is 5.69 Å². The maximum atomic E-state index is 12.6. The van der Waals surface area contributed by atoms with Gasteiger partial charge in [0.05, 0.1) is 30.6 Å². The lowest BCUT2D eigenvalue weighted by Crippen LogP contribution is -2.37. The zero-order valence-corrected chi connectivity index (χ0v) is 18.7. The van der Waals surface area contributed by atoms with Gasteiger partial charge in [0.2, 0.25) is 0 Å². The van der Waals surface area contributed by atoms with Crippen LogP contribution >= 0.6 is 23.4 Å². The van der Waals surface area contributed by atoms with Crippen molar-refractivity contribution < 1.29 is 17.9 Å². The molecule has 2 aromatic carbocycles. The molecule has 2 fully saturated rings. The molecule has 9 heteroatoms. The highest BCUT2D eigenvalue weighted by Crippen LogP contribution is 2.41. The van der Waals surface area contributed by atoms with Crippen LogP contribution in [0, 0.1) is 0 Å². The summed E-state index contributed by atoms with van der Waals surface area (Å²) in [6.45, 7) is 2.48. The van der Waals surface area contributed by atoms with Gasteiger partial charge in [0, 0.05) is 16.0 Å². The summed E-state index contributed by atoms with van der Waals surface area (Å²) in [4.78, 5) is 18.9. The van der Waals surface area contributed by atoms with Crippen LogP contribution in [-0.4, -0.2) is 48.9 Å². The fourth-order valence-electron chi connectivity index (χ4n) is 3.66. The third kappa shape index (κ3) is 4.66. The number of anilines is 1. The van der Waals surface area contributed by atoms with Crippen molar-refractivity contribution in [1.29, 1.82) is 0 Å². The molecule has 0 aliphatic carbocycles. The predicted octanol–water partition coefficient (Wildman–Crippen LogP) is 3.58. The highest BCUT2D eigenvalue weighted by atomic mass is 35.5. The number of carbonyl (C=O) groups excluding carboxylic acids is 1. The molecule has 2 aliphatic rings. The summed E-state index contributed by atoms with van der Waals surface area (Å²) in [5.41, 5.74) is 1.63. The Labute approximate surface area is 185 Å². The molecule has 2 aromatic rings. The fraction of sp³-hybridized carbons (Fsp3) is 0.333. The number of benzene rings is 2. The molecule has 0 bridgehead atoms. The molecule has 0 aromatic heterocycles. The van der Waals surface area contributed by atoms with E-state index in [-0.39, 0.29) is 35.1 Å². The van der Waals surface area contributed by atoms with Crippen LogP contribution in [-0.2, 0) is 21.1 Å². The molecule has 0 saturated carbocycles. The molecule has 0 N–H and O–H groups in total. The third-order valence-electron chi connectivity index (χ3n) is 4.98. The number of hydrogen-bond acceptors (Lipinski definition) is 5. The van der Waals surface area contributed by atoms with Crippen molar-refractivity contribution in [3.05, 3.63) is 59.1 Å². The maximum Gasteiger partial charge on any atom is 0.252 e. The van der Waals surface area contributed by atoms with Gasteiger partial charge in [0.1, 0.15) is 5.75 Å². The highest BCUT2D eigenvalue weighted by molar-refractivity contribution is 8.16. The molecule has 30 heavy (non-hydrogen) atoms. The molecule has 6 nitrogen and oxygen atoms in total. The number of sulfone groups is 1. The minimum Gasteiger partial charge on any atom is -0.494 e. The van der Waals surface area contributed by atoms with E-state index in [1.807, 2.05) is 36.1 Å². The van der Waals surface area contributed by atoms with Crippen molar-refractivity contribution >= 4 is 50.0 Å². The van der Waals surface area contributed by atoms with Gasteiger partial charge in [-0.15, -0.1) is 0 Å². The molecule has 2 heterocycles. The Kier molecular flexibility index (Phi) is 6.09. The minimum absolute atomic E-state index is 0.0578. The molecule has 2 saturated heterocycles. The van der Waals surface area contributed by atoms with E-state index < -0.39 is 9.84 Å². The van der Waals surface area contributed by atoms with Crippen molar-refractivity contribution in [2.24, 2.45) is 4.99 Å². The summed E-state index contributed by atoms with van der Waals surface area (Å²) in [5, 5.41) is 1.02. The van der Waals surface area contributed by atoms with Crippen molar-refractivity contribution in [3.8, 4) is 5.75 Å². The number of rotatable bonds is 5. The third-order valence-corrected chi connectivity index (χ3v) is 8.44. The molecule has 0 unspecified atom stereocenters. The van der Waals surface area contributed by atoms with Crippen LogP contribution in [0.3, 0.4) is 0 Å². The highest BCUT2D eigenvalue weighted by Gasteiger charge is 2.49. The van der Waals surface area contributed by atoms with E-state index in [0.29, 0.717) is 16.8 Å². The molecule has 0 spiro atoms. The number of nitrogens with zero attached hydrogens (tertiary/aromatic N) is 2. The van der Waals surface area contributed by atoms with E-state index in [0.717, 1.165) is 17.0 Å². The summed E-state index contributed by atoms with van der Waals surface area (Å²) in [5.74, 6) is 0.613. The van der Waals surface area contributed by atoms with Crippen molar-refractivity contribution in [2.45, 2.75) is 24.6 Å². The standard InChI is InChI=1S/C21H21ClN2O4S2/c1-2-28-17-9-7-16(8-10-17)24-18-12-30(26,27)13-19(18)29-21(24)23-20(25)11-14-3-5-15(22)6-4-14/h3-10,18-19H,2,11-13H2,1H3/t18-,19-/m1/s1. The number of aliphatic imine (C=N–C) groups is 1. The van der Waals surface area contributed by atoms with Gasteiger partial charge >= 0.3 is 0 Å². The molecule has 1 amide bonds. The predicted molar refractivity (Wildman–Crippen MR) is 122 cm³/mol. The Morgan fingerprint density at radius 3 is 2.53 bits per heavy atom. The van der Waals surface area contributed by atoms with Crippen LogP contribution < -0.4 is 9.64 Å². The van der Waals surface area contributed by atoms with E-state index in [1.165, 1.54) is 11.8 Å². The second kappa shape index (κ2) is 8.61. The van der Waals surface area contributed by atoms with Gasteiger partial charge in [-0.25, -0.2) is 8.42 Å². The SMILES string of the molecule is CCOc1ccc(N2C(=NC(=O)Cc3ccc(Cl)cc3)S[C@@H]3CS(=O)(=O)C[C@H]32)cc1. The molecule has 4 rings (SSSR count). The van der Waals surface area contributed by atoms with Crippen molar-refractivity contribution in [3.63, 3.8) is 0 Å². The Bertz CT molecular complexity index is 1070. The number of thioether (sulfide) groups is 1. The lowest BCUT2D eigenvalue weighted by molar-refractivity contribution is -0.117. The molecule has 2 aliphatic heterocycles. The van der Waals surface area contributed by atoms with Gasteiger partial charge < -0.3 is 9.64 Å². The first kappa shape index (κ1) is 21.2. The number of fused-ring (bicyclic) bond motifs is 1. The lowest BCUT2D eigenvalue weighted by Gasteiger charge is -2.24. The molecule has 0 radical (unpaired) electrons. The Hall–Kier alpha value is -2.03. The minimum atomic E-state index is -3.11. The summed E-state index contributed by atoms with van der Waals surface area (Å²) >= 11 is 7.27. The quantitative estimate of drug-likeness (QED) is 0.673. The smallest absolute Gasteiger partial charge is 0.252 e. The van der Waals surface area contributed by atoms with Gasteiger partial charge in [-0.1, -0.05) is 35.5 Å². The van der Waals surface area contributed by atoms with Crippen LogP contribution in [0.15, 0.2) is 53.5 Å². The molecular weight excluding hydrogens is 444 g/mol. The monoisotopic (exact) mass is 464 g/mol. The van der Waals surface area contributed by atoms with E-state index in [9.17, 15) is 13.2 Å². The van der Waals surface area contributed by atoms with Gasteiger partial charge in [0.15, 0.2) is 15.0 Å². The Morgan fingerprint density at radius 1 is 1.17 bits per heavy atom. The molecular formula is C21H21ClN2O4S2. The number of ether oxygens (including phenoxy) is 1. The normalized spacial score (nSPS) is 23.5. The zero-order chi connectivity index (χ0) is 21.3. The summed E-state index contributed by atoms with van der Waals surface area (Å²) < 4.78 is 29.9. The lowest BCUT2D eigenvalue weighted by atomic mass is 10.1. The van der Waals surface area contributed by atoms with Gasteiger partial charge in [0.25, 0.3) is 5.91 Å². The van der Waals surface area contributed by atoms with E-state index in [4.69, 9.17) is 16.3 Å². The first-order valence-corrected chi connectivity index (χ1v) is 12.7. The first-order chi connectivity index (χ1) is 14.3. The van der Waals surface area contributed by atoms with E-state index in [2.05, 4.69) is 4.99 Å². The molecule has 158 valence electrons. The topological polar surface area (TPSA) is 76.0 Å². The Balaban J connectivity index is 1.61. The fourth-order valence-corrected chi connectivity index (χ4v) is 7.72. The largest absolute Gasteiger partial charge is 0.494 e. The van der Waals surface area contributed by atoms with Gasteiger partial charge in [-0.05, 0) is 48.9 Å². The van der Waals surface area contributed by atoms with Gasteiger partial charge in [-0.3, -0.25) is 4.79 Å². The number of carbonyl (C=O) groups is 1. The second-order valence-corrected chi connectivity index (χ2v) is 11.0. The van der Waals surface area contributed by atoms with E-state index in [1.54, 1.807) is 24.3 Å². The van der Waals surface area contributed by atoms with Gasteiger partial charge in [-0.2, -0.15) is 4.99 Å². The number of halogens is 1. The average Bonchev–Trinajstić information content (AvgIpc) is 3.15. The van der Waals surface area contributed by atoms with E-state index >= 15 is 0 Å². The molecule has 2 atom stereocenters. The second-order valence-electron chi connectivity index (χ2n) is 7.19. The van der Waals surface area contributed by atoms with Crippen LogP contribution in [0.1, 0.15) is 12.5 Å². The first-order valence-electron chi connectivity index (χ1n) is 9.60.